The third-order valence-electron chi connectivity index (χ3n) is 4.20. The van der Waals surface area contributed by atoms with Crippen molar-refractivity contribution < 1.29 is 13.9 Å². The molecule has 1 aliphatic rings. The SMILES string of the molecule is CC(C)(C)OC(=O)N1CCC(C#N)(Nc2ccc3ocnc3c2)CC1. The Labute approximate surface area is 146 Å². The molecule has 0 atom stereocenters. The number of oxazole rings is 1. The first-order valence-corrected chi connectivity index (χ1v) is 8.31. The molecule has 0 saturated carbocycles. The lowest BCUT2D eigenvalue weighted by molar-refractivity contribution is 0.0195. The van der Waals surface area contributed by atoms with Crippen LogP contribution in [0.1, 0.15) is 33.6 Å². The number of fused-ring (bicyclic) bond motifs is 1. The third kappa shape index (κ3) is 3.85. The molecule has 1 aromatic carbocycles. The molecular formula is C18H22N4O3. The van der Waals surface area contributed by atoms with E-state index in [0.29, 0.717) is 31.5 Å². The van der Waals surface area contributed by atoms with Crippen LogP contribution in [-0.2, 0) is 4.74 Å². The fraction of sp³-hybridized carbons (Fsp3) is 0.500. The van der Waals surface area contributed by atoms with Crippen molar-refractivity contribution in [3.8, 4) is 6.07 Å². The normalized spacial score (nSPS) is 17.1. The van der Waals surface area contributed by atoms with Crippen LogP contribution >= 0.6 is 0 Å². The maximum absolute atomic E-state index is 12.2. The first-order chi connectivity index (χ1) is 11.8. The number of hydrogen-bond acceptors (Lipinski definition) is 6. The second-order valence-electron chi connectivity index (χ2n) is 7.32. The van der Waals surface area contributed by atoms with Gasteiger partial charge in [-0.15, -0.1) is 0 Å². The fourth-order valence-corrected chi connectivity index (χ4v) is 2.87. The first-order valence-electron chi connectivity index (χ1n) is 8.31. The smallest absolute Gasteiger partial charge is 0.410 e. The number of piperidine rings is 1. The van der Waals surface area contributed by atoms with Crippen molar-refractivity contribution >= 4 is 22.9 Å². The fourth-order valence-electron chi connectivity index (χ4n) is 2.87. The Morgan fingerprint density at radius 2 is 2.12 bits per heavy atom. The molecule has 7 nitrogen and oxygen atoms in total. The summed E-state index contributed by atoms with van der Waals surface area (Å²) >= 11 is 0. The number of nitrogens with zero attached hydrogens (tertiary/aromatic N) is 3. The van der Waals surface area contributed by atoms with Gasteiger partial charge in [-0.3, -0.25) is 0 Å². The van der Waals surface area contributed by atoms with Crippen LogP contribution in [0.25, 0.3) is 11.1 Å². The average Bonchev–Trinajstić information content (AvgIpc) is 3.01. The van der Waals surface area contributed by atoms with Gasteiger partial charge in [-0.25, -0.2) is 9.78 Å². The number of hydrogen-bond donors (Lipinski definition) is 1. The van der Waals surface area contributed by atoms with Gasteiger partial charge in [0.1, 0.15) is 16.7 Å². The van der Waals surface area contributed by atoms with Crippen LogP contribution < -0.4 is 5.32 Å². The van der Waals surface area contributed by atoms with Crippen LogP contribution in [0.4, 0.5) is 10.5 Å². The zero-order valence-electron chi connectivity index (χ0n) is 14.7. The highest BCUT2D eigenvalue weighted by atomic mass is 16.6. The van der Waals surface area contributed by atoms with E-state index in [0.717, 1.165) is 11.2 Å². The van der Waals surface area contributed by atoms with Crippen molar-refractivity contribution in [2.75, 3.05) is 18.4 Å². The maximum atomic E-state index is 12.2. The summed E-state index contributed by atoms with van der Waals surface area (Å²) in [5.74, 6) is 0. The topological polar surface area (TPSA) is 91.4 Å². The second kappa shape index (κ2) is 6.28. The molecule has 2 aromatic rings. The van der Waals surface area contributed by atoms with Gasteiger partial charge in [-0.1, -0.05) is 0 Å². The van der Waals surface area contributed by atoms with Gasteiger partial charge in [-0.2, -0.15) is 5.26 Å². The van der Waals surface area contributed by atoms with Gasteiger partial charge in [0.05, 0.1) is 6.07 Å². The molecule has 0 radical (unpaired) electrons. The predicted molar refractivity (Wildman–Crippen MR) is 93.0 cm³/mol. The van der Waals surface area contributed by atoms with Crippen LogP contribution in [0.15, 0.2) is 29.0 Å². The van der Waals surface area contributed by atoms with Gasteiger partial charge >= 0.3 is 6.09 Å². The summed E-state index contributed by atoms with van der Waals surface area (Å²) in [5, 5.41) is 13.0. The van der Waals surface area contributed by atoms with Crippen LogP contribution in [-0.4, -0.2) is 40.2 Å². The number of anilines is 1. The van der Waals surface area contributed by atoms with Gasteiger partial charge in [0, 0.05) is 31.6 Å². The highest BCUT2D eigenvalue weighted by molar-refractivity contribution is 5.77. The summed E-state index contributed by atoms with van der Waals surface area (Å²) in [6.45, 7) is 6.48. The molecule has 1 aliphatic heterocycles. The Kier molecular flexibility index (Phi) is 4.29. The number of amides is 1. The molecule has 1 fully saturated rings. The Morgan fingerprint density at radius 1 is 1.40 bits per heavy atom. The number of aromatic nitrogens is 1. The van der Waals surface area contributed by atoms with Crippen LogP contribution in [0.3, 0.4) is 0 Å². The monoisotopic (exact) mass is 342 g/mol. The lowest BCUT2D eigenvalue weighted by Crippen LogP contribution is -2.51. The molecule has 2 heterocycles. The zero-order valence-corrected chi connectivity index (χ0v) is 14.7. The van der Waals surface area contributed by atoms with E-state index in [1.807, 2.05) is 39.0 Å². The predicted octanol–water partition coefficient (Wildman–Crippen LogP) is 3.53. The minimum Gasteiger partial charge on any atom is -0.444 e. The number of ether oxygens (including phenoxy) is 1. The van der Waals surface area contributed by atoms with E-state index in [1.165, 1.54) is 6.39 Å². The summed E-state index contributed by atoms with van der Waals surface area (Å²) < 4.78 is 10.6. The largest absolute Gasteiger partial charge is 0.444 e. The van der Waals surface area contributed by atoms with Crippen molar-refractivity contribution in [3.05, 3.63) is 24.6 Å². The van der Waals surface area contributed by atoms with Gasteiger partial charge in [0.15, 0.2) is 12.0 Å². The molecule has 1 amide bonds. The van der Waals surface area contributed by atoms with Gasteiger partial charge in [0.25, 0.3) is 0 Å². The van der Waals surface area contributed by atoms with E-state index in [1.54, 1.807) is 4.90 Å². The maximum Gasteiger partial charge on any atom is 0.410 e. The van der Waals surface area contributed by atoms with E-state index < -0.39 is 11.1 Å². The summed E-state index contributed by atoms with van der Waals surface area (Å²) in [6, 6.07) is 7.93. The van der Waals surface area contributed by atoms with E-state index in [9.17, 15) is 10.1 Å². The summed E-state index contributed by atoms with van der Waals surface area (Å²) in [4.78, 5) is 18.0. The summed E-state index contributed by atoms with van der Waals surface area (Å²) in [6.07, 6.45) is 2.12. The third-order valence-corrected chi connectivity index (χ3v) is 4.20. The number of nitriles is 1. The molecule has 1 N–H and O–H groups in total. The van der Waals surface area contributed by atoms with E-state index >= 15 is 0 Å². The lowest BCUT2D eigenvalue weighted by Gasteiger charge is -2.38. The van der Waals surface area contributed by atoms with Crippen molar-refractivity contribution in [3.63, 3.8) is 0 Å². The molecule has 25 heavy (non-hydrogen) atoms. The van der Waals surface area contributed by atoms with Crippen molar-refractivity contribution in [2.24, 2.45) is 0 Å². The molecule has 0 spiro atoms. The number of benzene rings is 1. The number of likely N-dealkylation sites (tertiary alicyclic amines) is 1. The zero-order chi connectivity index (χ0) is 18.1. The molecule has 7 heteroatoms. The number of carbonyl (C=O) groups excluding carboxylic acids is 1. The van der Waals surface area contributed by atoms with Gasteiger partial charge < -0.3 is 19.4 Å². The molecule has 0 bridgehead atoms. The molecule has 1 aromatic heterocycles. The molecule has 0 unspecified atom stereocenters. The molecule has 0 aliphatic carbocycles. The number of nitrogens with one attached hydrogen (secondary N) is 1. The highest BCUT2D eigenvalue weighted by Crippen LogP contribution is 2.29. The lowest BCUT2D eigenvalue weighted by atomic mass is 9.88. The second-order valence-corrected chi connectivity index (χ2v) is 7.32. The van der Waals surface area contributed by atoms with E-state index in [4.69, 9.17) is 9.15 Å². The minimum atomic E-state index is -0.712. The van der Waals surface area contributed by atoms with E-state index in [2.05, 4.69) is 16.4 Å². The van der Waals surface area contributed by atoms with Gasteiger partial charge in [-0.05, 0) is 39.0 Å². The van der Waals surface area contributed by atoms with Crippen LogP contribution in [0.2, 0.25) is 0 Å². The van der Waals surface area contributed by atoms with E-state index in [-0.39, 0.29) is 6.09 Å². The average molecular weight is 342 g/mol. The summed E-state index contributed by atoms with van der Waals surface area (Å²) in [7, 11) is 0. The molecule has 3 rings (SSSR count). The number of rotatable bonds is 2. The summed E-state index contributed by atoms with van der Waals surface area (Å²) in [5.41, 5.74) is 1.02. The Hall–Kier alpha value is -2.75. The van der Waals surface area contributed by atoms with Crippen molar-refractivity contribution in [1.82, 2.24) is 9.88 Å². The minimum absolute atomic E-state index is 0.331. The molecule has 1 saturated heterocycles. The molecule has 132 valence electrons. The Morgan fingerprint density at radius 3 is 2.76 bits per heavy atom. The van der Waals surface area contributed by atoms with Crippen LogP contribution in [0, 0.1) is 11.3 Å². The van der Waals surface area contributed by atoms with Crippen molar-refractivity contribution in [2.45, 2.75) is 44.8 Å². The standard InChI is InChI=1S/C18H22N4O3/c1-17(2,3)25-16(23)22-8-6-18(11-19,7-9-22)21-13-4-5-15-14(10-13)20-12-24-15/h4-5,10,12,21H,6-9H2,1-3H3. The first kappa shape index (κ1) is 17.1. The Balaban J connectivity index is 1.67. The van der Waals surface area contributed by atoms with Crippen molar-refractivity contribution in [1.29, 1.82) is 5.26 Å². The van der Waals surface area contributed by atoms with Crippen LogP contribution in [0.5, 0.6) is 0 Å². The quantitative estimate of drug-likeness (QED) is 0.897. The molecular weight excluding hydrogens is 320 g/mol. The highest BCUT2D eigenvalue weighted by Gasteiger charge is 2.37. The van der Waals surface area contributed by atoms with Gasteiger partial charge in [0.2, 0.25) is 0 Å². The number of carbonyl (C=O) groups is 1. The Bertz CT molecular complexity index is 808.